The number of allylic oxidation sites excluding steroid dienone is 3. The van der Waals surface area contributed by atoms with Crippen LogP contribution in [-0.4, -0.2) is 57.6 Å². The molecule has 6 nitrogen and oxygen atoms in total. The second kappa shape index (κ2) is 9.11. The lowest BCUT2D eigenvalue weighted by molar-refractivity contribution is 0.319. The third kappa shape index (κ3) is 4.34. The van der Waals surface area contributed by atoms with Crippen molar-refractivity contribution in [2.24, 2.45) is 13.0 Å². The largest absolute Gasteiger partial charge is 0.367 e. The Morgan fingerprint density at radius 3 is 2.88 bits per heavy atom. The predicted octanol–water partition coefficient (Wildman–Crippen LogP) is 3.66. The number of benzene rings is 1. The van der Waals surface area contributed by atoms with Gasteiger partial charge in [0, 0.05) is 61.6 Å². The summed E-state index contributed by atoms with van der Waals surface area (Å²) < 4.78 is 15.3. The number of fused-ring (bicyclic) bond motifs is 1. The fraction of sp³-hybridized carbons (Fsp3) is 0.417. The van der Waals surface area contributed by atoms with Gasteiger partial charge in [-0.3, -0.25) is 0 Å². The topological polar surface area (TPSA) is 49.2 Å². The number of nitrogens with one attached hydrogen (secondary N) is 1. The van der Waals surface area contributed by atoms with Crippen molar-refractivity contribution in [3.63, 3.8) is 0 Å². The van der Waals surface area contributed by atoms with Gasteiger partial charge >= 0.3 is 0 Å². The summed E-state index contributed by atoms with van der Waals surface area (Å²) >= 11 is 1.76. The van der Waals surface area contributed by atoms with Crippen molar-refractivity contribution >= 4 is 23.0 Å². The Hall–Kier alpha value is -2.58. The molecule has 0 saturated carbocycles. The van der Waals surface area contributed by atoms with E-state index in [1.807, 2.05) is 37.5 Å². The molecule has 0 amide bonds. The minimum atomic E-state index is -0.167. The molecular weight excluding hydrogens is 423 g/mol. The molecule has 0 aliphatic carbocycles. The molecule has 1 aromatic heterocycles. The molecule has 2 saturated heterocycles. The molecule has 3 aliphatic heterocycles. The van der Waals surface area contributed by atoms with Crippen LogP contribution in [0.3, 0.4) is 0 Å². The van der Waals surface area contributed by atoms with Gasteiger partial charge in [0.05, 0.1) is 0 Å². The van der Waals surface area contributed by atoms with E-state index < -0.39 is 0 Å². The number of aromatic nitrogens is 3. The number of rotatable bonds is 7. The Balaban J connectivity index is 1.11. The normalized spacial score (nSPS) is 22.9. The molecule has 1 aromatic carbocycles. The van der Waals surface area contributed by atoms with E-state index in [4.69, 9.17) is 0 Å². The third-order valence-electron chi connectivity index (χ3n) is 6.59. The van der Waals surface area contributed by atoms with Gasteiger partial charge in [-0.2, -0.15) is 0 Å². The van der Waals surface area contributed by atoms with E-state index in [9.17, 15) is 4.39 Å². The average molecular weight is 453 g/mol. The van der Waals surface area contributed by atoms with E-state index in [1.54, 1.807) is 23.9 Å². The summed E-state index contributed by atoms with van der Waals surface area (Å²) in [6, 6.07) is 7.52. The minimum Gasteiger partial charge on any atom is -0.367 e. The molecule has 1 N–H and O–H groups in total. The van der Waals surface area contributed by atoms with Gasteiger partial charge in [0.15, 0.2) is 11.0 Å². The molecule has 4 heterocycles. The Labute approximate surface area is 192 Å². The molecule has 0 unspecified atom stereocenters. The first-order chi connectivity index (χ1) is 15.6. The maximum Gasteiger partial charge on any atom is 0.191 e. The molecule has 32 heavy (non-hydrogen) atoms. The second-order valence-electron chi connectivity index (χ2n) is 8.72. The summed E-state index contributed by atoms with van der Waals surface area (Å²) in [5, 5.41) is 12.8. The molecule has 8 heteroatoms. The van der Waals surface area contributed by atoms with Crippen LogP contribution in [0.1, 0.15) is 18.7 Å². The fourth-order valence-corrected chi connectivity index (χ4v) is 5.82. The molecule has 0 bridgehead atoms. The molecule has 0 radical (unpaired) electrons. The number of halogens is 1. The van der Waals surface area contributed by atoms with Crippen LogP contribution >= 0.6 is 11.8 Å². The number of hydrogen-bond acceptors (Lipinski definition) is 6. The first-order valence-corrected chi connectivity index (χ1v) is 12.2. The number of hydrogen-bond donors (Lipinski definition) is 1. The lowest BCUT2D eigenvalue weighted by Gasteiger charge is -2.27. The number of dihydropyridines is 1. The standard InChI is InChI=1S/C24H29FN6S/c1-17-14-18(8-10-26-17)23-27-28-24(29(23)2)32-13-3-11-30-15-19-9-12-31(22(19)16-30)21-6-4-20(25)5-7-21/h4-8,10,14,19,22,26H,1,3,9,11-13,15-16H2,2H3/t19-,22+/m0/s1. The van der Waals surface area contributed by atoms with Gasteiger partial charge in [-0.15, -0.1) is 10.2 Å². The zero-order valence-corrected chi connectivity index (χ0v) is 19.2. The van der Waals surface area contributed by atoms with E-state index in [0.29, 0.717) is 6.04 Å². The molecule has 2 atom stereocenters. The SMILES string of the molecule is C=C1C=C(c2nnc(SCCCN3C[C@@H]4CCN(c5ccc(F)cc5)[C@@H]4C3)n2C)C=CN1. The molecular formula is C24H29FN6S. The minimum absolute atomic E-state index is 0.167. The van der Waals surface area contributed by atoms with E-state index in [2.05, 4.69) is 36.5 Å². The van der Waals surface area contributed by atoms with Crippen LogP contribution in [0.15, 0.2) is 60.0 Å². The van der Waals surface area contributed by atoms with Crippen LogP contribution in [0.4, 0.5) is 10.1 Å². The zero-order valence-electron chi connectivity index (χ0n) is 18.4. The summed E-state index contributed by atoms with van der Waals surface area (Å²) in [5.41, 5.74) is 3.02. The summed E-state index contributed by atoms with van der Waals surface area (Å²) in [4.78, 5) is 5.06. The van der Waals surface area contributed by atoms with Gasteiger partial charge in [0.2, 0.25) is 0 Å². The van der Waals surface area contributed by atoms with Crippen molar-refractivity contribution in [1.82, 2.24) is 25.0 Å². The highest BCUT2D eigenvalue weighted by Gasteiger charge is 2.40. The molecule has 2 aromatic rings. The van der Waals surface area contributed by atoms with Gasteiger partial charge in [0.25, 0.3) is 0 Å². The van der Waals surface area contributed by atoms with Crippen LogP contribution in [0.2, 0.25) is 0 Å². The lowest BCUT2D eigenvalue weighted by atomic mass is 10.1. The predicted molar refractivity (Wildman–Crippen MR) is 128 cm³/mol. The van der Waals surface area contributed by atoms with Crippen molar-refractivity contribution in [2.75, 3.05) is 36.8 Å². The van der Waals surface area contributed by atoms with Gasteiger partial charge in [-0.05, 0) is 61.7 Å². The Kier molecular flexibility index (Phi) is 6.06. The first-order valence-electron chi connectivity index (χ1n) is 11.2. The van der Waals surface area contributed by atoms with E-state index >= 15 is 0 Å². The second-order valence-corrected chi connectivity index (χ2v) is 9.78. The highest BCUT2D eigenvalue weighted by Crippen LogP contribution is 2.35. The highest BCUT2D eigenvalue weighted by atomic mass is 32.2. The molecule has 2 fully saturated rings. The van der Waals surface area contributed by atoms with Gasteiger partial charge in [-0.25, -0.2) is 4.39 Å². The summed E-state index contributed by atoms with van der Waals surface area (Å²) in [7, 11) is 2.02. The zero-order chi connectivity index (χ0) is 22.1. The van der Waals surface area contributed by atoms with Crippen molar-refractivity contribution < 1.29 is 4.39 Å². The monoisotopic (exact) mass is 452 g/mol. The molecule has 5 rings (SSSR count). The van der Waals surface area contributed by atoms with Crippen LogP contribution < -0.4 is 10.2 Å². The summed E-state index contributed by atoms with van der Waals surface area (Å²) in [5.74, 6) is 2.43. The van der Waals surface area contributed by atoms with Gasteiger partial charge < -0.3 is 19.7 Å². The summed E-state index contributed by atoms with van der Waals surface area (Å²) in [6.45, 7) is 8.39. The van der Waals surface area contributed by atoms with E-state index in [-0.39, 0.29) is 5.82 Å². The lowest BCUT2D eigenvalue weighted by Crippen LogP contribution is -2.35. The molecule has 168 valence electrons. The highest BCUT2D eigenvalue weighted by molar-refractivity contribution is 7.99. The molecule has 3 aliphatic rings. The molecule has 0 spiro atoms. The maximum absolute atomic E-state index is 13.3. The van der Waals surface area contributed by atoms with Crippen molar-refractivity contribution in [3.05, 3.63) is 66.5 Å². The fourth-order valence-electron chi connectivity index (χ4n) is 4.98. The first kappa shape index (κ1) is 21.3. The van der Waals surface area contributed by atoms with Gasteiger partial charge in [-0.1, -0.05) is 18.3 Å². The summed E-state index contributed by atoms with van der Waals surface area (Å²) in [6.07, 6.45) is 8.19. The number of anilines is 1. The quantitative estimate of drug-likeness (QED) is 0.511. The van der Waals surface area contributed by atoms with Crippen LogP contribution in [0.5, 0.6) is 0 Å². The van der Waals surface area contributed by atoms with Crippen molar-refractivity contribution in [1.29, 1.82) is 0 Å². The smallest absolute Gasteiger partial charge is 0.191 e. The van der Waals surface area contributed by atoms with Crippen molar-refractivity contribution in [3.8, 4) is 0 Å². The van der Waals surface area contributed by atoms with Gasteiger partial charge in [0.1, 0.15) is 5.82 Å². The Morgan fingerprint density at radius 1 is 1.22 bits per heavy atom. The average Bonchev–Trinajstić information content (AvgIpc) is 3.46. The van der Waals surface area contributed by atoms with E-state index in [0.717, 1.165) is 65.7 Å². The van der Waals surface area contributed by atoms with Crippen LogP contribution in [-0.2, 0) is 7.05 Å². The van der Waals surface area contributed by atoms with E-state index in [1.165, 1.54) is 13.0 Å². The van der Waals surface area contributed by atoms with Crippen LogP contribution in [0, 0.1) is 11.7 Å². The van der Waals surface area contributed by atoms with Crippen LogP contribution in [0.25, 0.3) is 5.57 Å². The van der Waals surface area contributed by atoms with Crippen molar-refractivity contribution in [2.45, 2.75) is 24.0 Å². The Morgan fingerprint density at radius 2 is 2.06 bits per heavy atom. The number of nitrogens with zero attached hydrogens (tertiary/aromatic N) is 5. The number of likely N-dealkylation sites (tertiary alicyclic amines) is 1. The Bertz CT molecular complexity index is 1040. The number of thioether (sulfide) groups is 1. The maximum atomic E-state index is 13.3. The third-order valence-corrected chi connectivity index (χ3v) is 7.69.